The molecule has 0 bridgehead atoms. The highest BCUT2D eigenvalue weighted by Gasteiger charge is 2.28. The molecule has 1 aromatic carbocycles. The van der Waals surface area contributed by atoms with E-state index in [-0.39, 0.29) is 6.61 Å². The van der Waals surface area contributed by atoms with Crippen molar-refractivity contribution in [2.75, 3.05) is 13.2 Å². The second kappa shape index (κ2) is 5.79. The molecule has 0 amide bonds. The summed E-state index contributed by atoms with van der Waals surface area (Å²) in [5, 5.41) is 9.84. The normalized spacial score (nSPS) is 19.1. The molecule has 0 saturated carbocycles. The zero-order chi connectivity index (χ0) is 13.9. The molecule has 0 unspecified atom stereocenters. The van der Waals surface area contributed by atoms with Gasteiger partial charge in [0.2, 0.25) is 0 Å². The number of alkyl halides is 3. The van der Waals surface area contributed by atoms with Gasteiger partial charge in [0, 0.05) is 0 Å². The summed E-state index contributed by atoms with van der Waals surface area (Å²) in [5.41, 5.74) is 1.87. The van der Waals surface area contributed by atoms with Gasteiger partial charge in [0.05, 0.1) is 12.7 Å². The molecule has 0 aromatic heterocycles. The van der Waals surface area contributed by atoms with Crippen LogP contribution in [0.4, 0.5) is 13.2 Å². The van der Waals surface area contributed by atoms with E-state index in [1.807, 2.05) is 6.07 Å². The molecule has 0 fully saturated rings. The van der Waals surface area contributed by atoms with Crippen LogP contribution in [-0.4, -0.2) is 24.7 Å². The summed E-state index contributed by atoms with van der Waals surface area (Å²) in [5.74, 6) is 0.450. The van der Waals surface area contributed by atoms with Crippen molar-refractivity contribution >= 4 is 0 Å². The smallest absolute Gasteiger partial charge is 0.491 e. The minimum Gasteiger partial charge on any atom is -0.491 e. The first-order valence-electron chi connectivity index (χ1n) is 6.10. The molecule has 1 aliphatic rings. The number of aryl methyl sites for hydroxylation is 1. The second-order valence-electron chi connectivity index (χ2n) is 4.41. The molecule has 1 atom stereocenters. The van der Waals surface area contributed by atoms with E-state index in [1.165, 1.54) is 0 Å². The van der Waals surface area contributed by atoms with Gasteiger partial charge in [-0.05, 0) is 42.5 Å². The number of halogens is 3. The minimum absolute atomic E-state index is 0.186. The first kappa shape index (κ1) is 14.1. The first-order valence-corrected chi connectivity index (χ1v) is 6.10. The molecule has 1 aliphatic carbocycles. The number of fused-ring (bicyclic) bond motifs is 1. The van der Waals surface area contributed by atoms with Crippen LogP contribution in [0.15, 0.2) is 18.2 Å². The number of rotatable bonds is 4. The Morgan fingerprint density at radius 3 is 2.79 bits per heavy atom. The monoisotopic (exact) mass is 276 g/mol. The van der Waals surface area contributed by atoms with Crippen LogP contribution in [0.1, 0.15) is 30.1 Å². The molecule has 1 N–H and O–H groups in total. The van der Waals surface area contributed by atoms with E-state index in [9.17, 15) is 18.3 Å². The van der Waals surface area contributed by atoms with Crippen molar-refractivity contribution in [3.8, 4) is 5.75 Å². The Bertz CT molecular complexity index is 432. The SMILES string of the molecule is O[C@H]1CCCc2ccc(OCCOC(F)(F)F)cc21. The summed E-state index contributed by atoms with van der Waals surface area (Å²) in [6.07, 6.45) is -2.60. The largest absolute Gasteiger partial charge is 0.522 e. The average molecular weight is 276 g/mol. The molecule has 3 nitrogen and oxygen atoms in total. The van der Waals surface area contributed by atoms with Gasteiger partial charge in [0.1, 0.15) is 12.4 Å². The molecule has 0 spiro atoms. The maximum absolute atomic E-state index is 11.7. The van der Waals surface area contributed by atoms with Crippen LogP contribution in [0.5, 0.6) is 5.75 Å². The number of hydrogen-bond donors (Lipinski definition) is 1. The van der Waals surface area contributed by atoms with E-state index < -0.39 is 19.1 Å². The van der Waals surface area contributed by atoms with Crippen LogP contribution in [-0.2, 0) is 11.2 Å². The molecule has 2 rings (SSSR count). The van der Waals surface area contributed by atoms with Crippen molar-refractivity contribution in [2.24, 2.45) is 0 Å². The second-order valence-corrected chi connectivity index (χ2v) is 4.41. The molecule has 19 heavy (non-hydrogen) atoms. The van der Waals surface area contributed by atoms with Crippen molar-refractivity contribution in [3.63, 3.8) is 0 Å². The van der Waals surface area contributed by atoms with Gasteiger partial charge in [0.25, 0.3) is 0 Å². The first-order chi connectivity index (χ1) is 8.96. The zero-order valence-corrected chi connectivity index (χ0v) is 10.2. The fourth-order valence-electron chi connectivity index (χ4n) is 2.16. The average Bonchev–Trinajstić information content (AvgIpc) is 2.34. The summed E-state index contributed by atoms with van der Waals surface area (Å²) >= 11 is 0. The van der Waals surface area contributed by atoms with Crippen molar-refractivity contribution in [3.05, 3.63) is 29.3 Å². The summed E-state index contributed by atoms with van der Waals surface area (Å²) in [7, 11) is 0. The Morgan fingerprint density at radius 2 is 2.05 bits per heavy atom. The topological polar surface area (TPSA) is 38.7 Å². The summed E-state index contributed by atoms with van der Waals surface area (Å²) in [6, 6.07) is 5.23. The molecule has 0 saturated heterocycles. The lowest BCUT2D eigenvalue weighted by Gasteiger charge is -2.22. The van der Waals surface area contributed by atoms with Crippen molar-refractivity contribution in [1.82, 2.24) is 0 Å². The maximum Gasteiger partial charge on any atom is 0.522 e. The molecule has 0 heterocycles. The predicted molar refractivity (Wildman–Crippen MR) is 61.8 cm³/mol. The van der Waals surface area contributed by atoms with Gasteiger partial charge < -0.3 is 9.84 Å². The Morgan fingerprint density at radius 1 is 1.26 bits per heavy atom. The van der Waals surface area contributed by atoms with E-state index in [0.29, 0.717) is 12.2 Å². The number of aliphatic hydroxyl groups is 1. The maximum atomic E-state index is 11.7. The third-order valence-electron chi connectivity index (χ3n) is 3.02. The van der Waals surface area contributed by atoms with E-state index >= 15 is 0 Å². The van der Waals surface area contributed by atoms with Crippen LogP contribution in [0.25, 0.3) is 0 Å². The predicted octanol–water partition coefficient (Wildman–Crippen LogP) is 2.97. The van der Waals surface area contributed by atoms with E-state index in [1.54, 1.807) is 12.1 Å². The number of hydrogen-bond acceptors (Lipinski definition) is 3. The fraction of sp³-hybridized carbons (Fsp3) is 0.538. The van der Waals surface area contributed by atoms with E-state index in [4.69, 9.17) is 4.74 Å². The fourth-order valence-corrected chi connectivity index (χ4v) is 2.16. The van der Waals surface area contributed by atoms with Crippen LogP contribution in [0.2, 0.25) is 0 Å². The number of ether oxygens (including phenoxy) is 2. The van der Waals surface area contributed by atoms with Crippen LogP contribution in [0.3, 0.4) is 0 Å². The van der Waals surface area contributed by atoms with Gasteiger partial charge in [-0.2, -0.15) is 0 Å². The molecular formula is C13H15F3O3. The quantitative estimate of drug-likeness (QED) is 0.859. The summed E-state index contributed by atoms with van der Waals surface area (Å²) in [6.45, 7) is -0.739. The lowest BCUT2D eigenvalue weighted by Crippen LogP contribution is -2.18. The summed E-state index contributed by atoms with van der Waals surface area (Å²) in [4.78, 5) is 0. The van der Waals surface area contributed by atoms with E-state index in [2.05, 4.69) is 4.74 Å². The molecular weight excluding hydrogens is 261 g/mol. The van der Waals surface area contributed by atoms with E-state index in [0.717, 1.165) is 24.0 Å². The van der Waals surface area contributed by atoms with Gasteiger partial charge >= 0.3 is 6.36 Å². The molecule has 0 aliphatic heterocycles. The van der Waals surface area contributed by atoms with Gasteiger partial charge in [-0.1, -0.05) is 6.07 Å². The molecule has 6 heteroatoms. The van der Waals surface area contributed by atoms with Crippen LogP contribution < -0.4 is 4.74 Å². The van der Waals surface area contributed by atoms with Crippen LogP contribution >= 0.6 is 0 Å². The van der Waals surface area contributed by atoms with Gasteiger partial charge in [0.15, 0.2) is 0 Å². The third-order valence-corrected chi connectivity index (χ3v) is 3.02. The highest BCUT2D eigenvalue weighted by molar-refractivity contribution is 5.38. The molecule has 1 aromatic rings. The Balaban J connectivity index is 1.89. The standard InChI is InChI=1S/C13H15F3O3/c14-13(15,16)19-7-6-18-10-5-4-9-2-1-3-12(17)11(9)8-10/h4-5,8,12,17H,1-3,6-7H2/t12-/m0/s1. The highest BCUT2D eigenvalue weighted by atomic mass is 19.4. The van der Waals surface area contributed by atoms with Crippen LogP contribution in [0, 0.1) is 0 Å². The van der Waals surface area contributed by atoms with Gasteiger partial charge in [-0.15, -0.1) is 13.2 Å². The van der Waals surface area contributed by atoms with Crippen molar-refractivity contribution in [2.45, 2.75) is 31.7 Å². The summed E-state index contributed by atoms with van der Waals surface area (Å²) < 4.78 is 44.0. The molecule has 106 valence electrons. The number of aliphatic hydroxyl groups excluding tert-OH is 1. The Kier molecular flexibility index (Phi) is 4.31. The molecule has 0 radical (unpaired) electrons. The Hall–Kier alpha value is -1.27. The lowest BCUT2D eigenvalue weighted by atomic mass is 9.89. The zero-order valence-electron chi connectivity index (χ0n) is 10.2. The van der Waals surface area contributed by atoms with Gasteiger partial charge in [-0.25, -0.2) is 0 Å². The Labute approximate surface area is 108 Å². The van der Waals surface area contributed by atoms with Crippen molar-refractivity contribution in [1.29, 1.82) is 0 Å². The number of benzene rings is 1. The third kappa shape index (κ3) is 4.11. The lowest BCUT2D eigenvalue weighted by molar-refractivity contribution is -0.325. The minimum atomic E-state index is -4.63. The van der Waals surface area contributed by atoms with Gasteiger partial charge in [-0.3, -0.25) is 4.74 Å². The highest BCUT2D eigenvalue weighted by Crippen LogP contribution is 2.32. The van der Waals surface area contributed by atoms with Crippen molar-refractivity contribution < 1.29 is 27.8 Å².